The molecule has 90 valence electrons. The fourth-order valence-electron chi connectivity index (χ4n) is 0. The third-order valence-electron chi connectivity index (χ3n) is 0.104. The van der Waals surface area contributed by atoms with Gasteiger partial charge in [0.1, 0.15) is 0 Å². The second-order valence-electron chi connectivity index (χ2n) is 0.651. The molecule has 0 fully saturated rings. The molecule has 0 aromatic rings. The first kappa shape index (κ1) is 69.6. The number of hydrogen-bond donors (Lipinski definition) is 3. The van der Waals surface area contributed by atoms with Crippen LogP contribution in [0.4, 0.5) is 4.53 Å². The third-order valence-corrected chi connectivity index (χ3v) is 0.311. The van der Waals surface area contributed by atoms with E-state index < -0.39 is 9.05 Å². The smallest absolute Gasteiger partial charge is 0.412 e. The van der Waals surface area contributed by atoms with Crippen molar-refractivity contribution in [1.29, 1.82) is 0 Å². The Morgan fingerprint density at radius 2 is 0.846 bits per heavy atom. The quantitative estimate of drug-likeness (QED) is 0.381. The molecule has 0 aromatic carbocycles. The van der Waals surface area contributed by atoms with Crippen molar-refractivity contribution in [1.82, 2.24) is 0 Å². The van der Waals surface area contributed by atoms with E-state index in [1.165, 1.54) is 0 Å². The van der Waals surface area contributed by atoms with Gasteiger partial charge in [-0.2, -0.15) is 4.63 Å². The van der Waals surface area contributed by atoms with Crippen molar-refractivity contribution in [2.75, 3.05) is 0 Å². The molecule has 0 aliphatic carbocycles. The highest BCUT2D eigenvalue weighted by atomic mass is 28.4. The van der Waals surface area contributed by atoms with Crippen LogP contribution in [-0.4, -0.2) is 79.3 Å². The van der Waals surface area contributed by atoms with Crippen molar-refractivity contribution < 1.29 is 56.4 Å². The van der Waals surface area contributed by atoms with Crippen molar-refractivity contribution in [2.45, 2.75) is 0 Å². The summed E-state index contributed by atoms with van der Waals surface area (Å²) in [6.45, 7) is 0. The van der Waals surface area contributed by atoms with E-state index >= 15 is 0 Å². The van der Waals surface area contributed by atoms with Crippen LogP contribution in [0.3, 0.4) is 0 Å². The Morgan fingerprint density at radius 3 is 0.846 bits per heavy atom. The van der Waals surface area contributed by atoms with Gasteiger partial charge in [-0.25, -0.2) is 0 Å². The summed E-state index contributed by atoms with van der Waals surface area (Å²) in [4.78, 5) is 22.4. The normalized spacial score (nSPS) is 5.54. The molecule has 13 heavy (non-hydrogen) atoms. The molecule has 10 nitrogen and oxygen atoms in total. The molecule has 0 atom stereocenters. The Balaban J connectivity index is -0.00000000595. The average Bonchev–Trinajstić information content (AvgIpc) is 1.35. The van der Waals surface area contributed by atoms with Gasteiger partial charge in [0.2, 0.25) is 0 Å². The summed E-state index contributed by atoms with van der Waals surface area (Å²) in [6, 6.07) is 0. The Kier molecular flexibility index (Phi) is 157. The van der Waals surface area contributed by atoms with E-state index in [4.69, 9.17) is 14.4 Å². The number of rotatable bonds is 1. The van der Waals surface area contributed by atoms with Crippen LogP contribution in [0.1, 0.15) is 0 Å². The summed E-state index contributed by atoms with van der Waals surface area (Å²) in [6.07, 6.45) is 0. The number of halogens is 1. The van der Waals surface area contributed by atoms with Crippen LogP contribution in [0.25, 0.3) is 0 Å². The maximum atomic E-state index is 10.3. The van der Waals surface area contributed by atoms with Gasteiger partial charge >= 0.3 is 32.1 Å². The lowest BCUT2D eigenvalue weighted by Gasteiger charge is -1.96. The fraction of sp³-hybridized carbons (Fsp3) is 0. The minimum absolute atomic E-state index is 0. The fourth-order valence-corrected chi connectivity index (χ4v) is 0. The SMILES string of the molecule is O.O.O.O.O.O.O[Si](O)(O)OF.[MgH2]. The number of hydrogen-bond acceptors (Lipinski definition) is 4. The first-order valence-corrected chi connectivity index (χ1v) is 2.78. The zero-order valence-corrected chi connectivity index (χ0v) is 6.63. The van der Waals surface area contributed by atoms with E-state index in [0.717, 1.165) is 0 Å². The molecular weight excluding hydrogens is 231 g/mol. The summed E-state index contributed by atoms with van der Waals surface area (Å²) < 4.78 is 12.6. The average molecular weight is 249 g/mol. The van der Waals surface area contributed by atoms with Crippen LogP contribution < -0.4 is 0 Å². The van der Waals surface area contributed by atoms with E-state index in [-0.39, 0.29) is 55.9 Å². The van der Waals surface area contributed by atoms with Gasteiger partial charge in [-0.15, -0.1) is 0 Å². The van der Waals surface area contributed by atoms with E-state index in [2.05, 4.69) is 4.63 Å². The summed E-state index contributed by atoms with van der Waals surface area (Å²) in [5.74, 6) is 0. The summed E-state index contributed by atoms with van der Waals surface area (Å²) in [7, 11) is -4.80. The monoisotopic (exact) mass is 248 g/mol. The van der Waals surface area contributed by atoms with Crippen molar-refractivity contribution in [3.05, 3.63) is 0 Å². The van der Waals surface area contributed by atoms with E-state index in [1.54, 1.807) is 0 Å². The summed E-state index contributed by atoms with van der Waals surface area (Å²) in [5, 5.41) is 0. The Morgan fingerprint density at radius 1 is 0.769 bits per heavy atom. The van der Waals surface area contributed by atoms with Crippen LogP contribution >= 0.6 is 0 Å². The Bertz CT molecular complexity index is 44.7. The van der Waals surface area contributed by atoms with E-state index in [9.17, 15) is 4.53 Å². The Labute approximate surface area is 89.0 Å². The molecule has 15 N–H and O–H groups in total. The third kappa shape index (κ3) is 112. The zero-order valence-electron chi connectivity index (χ0n) is 5.63. The highest BCUT2D eigenvalue weighted by Crippen LogP contribution is 1.85. The molecule has 0 heterocycles. The van der Waals surface area contributed by atoms with Crippen molar-refractivity contribution in [3.63, 3.8) is 0 Å². The molecule has 0 aliphatic heterocycles. The van der Waals surface area contributed by atoms with Crippen molar-refractivity contribution in [2.24, 2.45) is 0 Å². The summed E-state index contributed by atoms with van der Waals surface area (Å²) >= 11 is 0. The Hall–Kier alpha value is 0.513. The highest BCUT2D eigenvalue weighted by molar-refractivity contribution is 6.48. The standard InChI is InChI=1S/FH3O4Si.Mg.6H2O.2H/c1-5-6(2,3)4;;;;;;;;;/h2-4H;;6*1H2;;. The minimum Gasteiger partial charge on any atom is -0.412 e. The van der Waals surface area contributed by atoms with Crippen LogP contribution in [0.15, 0.2) is 0 Å². The maximum Gasteiger partial charge on any atom is 0.703 e. The lowest BCUT2D eigenvalue weighted by atomic mass is 15.5. The van der Waals surface area contributed by atoms with Crippen LogP contribution in [0.2, 0.25) is 0 Å². The predicted octanol–water partition coefficient (Wildman–Crippen LogP) is -7.56. The maximum absolute atomic E-state index is 10.3. The van der Waals surface area contributed by atoms with Gasteiger partial charge in [0, 0.05) is 0 Å². The topological polar surface area (TPSA) is 259 Å². The molecule has 0 aliphatic rings. The predicted molar refractivity (Wildman–Crippen MR) is 44.8 cm³/mol. The largest absolute Gasteiger partial charge is 0.703 e. The molecule has 0 rings (SSSR count). The molecule has 0 unspecified atom stereocenters. The zero-order chi connectivity index (χ0) is 5.21. The summed E-state index contributed by atoms with van der Waals surface area (Å²) in [5.41, 5.74) is 0. The van der Waals surface area contributed by atoms with Crippen LogP contribution in [-0.2, 0) is 4.63 Å². The second-order valence-corrected chi connectivity index (χ2v) is 1.95. The molecule has 0 radical (unpaired) electrons. The van der Waals surface area contributed by atoms with Gasteiger partial charge < -0.3 is 47.2 Å². The highest BCUT2D eigenvalue weighted by Gasteiger charge is 2.31. The van der Waals surface area contributed by atoms with Gasteiger partial charge in [0.05, 0.1) is 0 Å². The first-order valence-electron chi connectivity index (χ1n) is 1.03. The molecular formula is H17FMgO10Si. The van der Waals surface area contributed by atoms with Gasteiger partial charge in [-0.05, 0) is 0 Å². The van der Waals surface area contributed by atoms with Crippen molar-refractivity contribution in [3.8, 4) is 0 Å². The minimum atomic E-state index is -4.80. The van der Waals surface area contributed by atoms with Crippen LogP contribution in [0, 0.1) is 0 Å². The van der Waals surface area contributed by atoms with Crippen LogP contribution in [0.5, 0.6) is 0 Å². The second kappa shape index (κ2) is 29.4. The molecule has 0 saturated heterocycles. The molecule has 0 spiro atoms. The van der Waals surface area contributed by atoms with Gasteiger partial charge in [-0.3, -0.25) is 0 Å². The van der Waals surface area contributed by atoms with Crippen molar-refractivity contribution >= 4 is 32.1 Å². The lowest BCUT2D eigenvalue weighted by Crippen LogP contribution is -2.35. The van der Waals surface area contributed by atoms with E-state index in [0.29, 0.717) is 0 Å². The molecule has 0 aromatic heterocycles. The molecule has 0 amide bonds. The van der Waals surface area contributed by atoms with Gasteiger partial charge in [-0.1, -0.05) is 4.53 Å². The first-order chi connectivity index (χ1) is 2.56. The van der Waals surface area contributed by atoms with E-state index in [1.807, 2.05) is 0 Å². The lowest BCUT2D eigenvalue weighted by molar-refractivity contribution is -0.111. The molecule has 0 bridgehead atoms. The molecule has 0 saturated carbocycles. The molecule has 13 heteroatoms. The van der Waals surface area contributed by atoms with Gasteiger partial charge in [0.15, 0.2) is 0 Å². The van der Waals surface area contributed by atoms with Gasteiger partial charge in [0.25, 0.3) is 0 Å².